The van der Waals surface area contributed by atoms with Crippen molar-refractivity contribution in [2.24, 2.45) is 0 Å². The van der Waals surface area contributed by atoms with Gasteiger partial charge in [-0.3, -0.25) is 0 Å². The van der Waals surface area contributed by atoms with E-state index >= 15 is 0 Å². The third-order valence-electron chi connectivity index (χ3n) is 2.86. The van der Waals surface area contributed by atoms with Crippen LogP contribution in [0.4, 0.5) is 0 Å². The Morgan fingerprint density at radius 1 is 1.38 bits per heavy atom. The lowest BCUT2D eigenvalue weighted by Gasteiger charge is -2.12. The normalized spacial score (nSPS) is 19.9. The summed E-state index contributed by atoms with van der Waals surface area (Å²) in [4.78, 5) is 0. The zero-order valence-corrected chi connectivity index (χ0v) is 9.39. The summed E-state index contributed by atoms with van der Waals surface area (Å²) in [5, 5.41) is 9.12. The minimum Gasteiger partial charge on any atom is -0.493 e. The van der Waals surface area contributed by atoms with E-state index < -0.39 is 0 Å². The number of ether oxygens (including phenoxy) is 2. The number of rotatable bonds is 5. The molecule has 0 amide bonds. The Kier molecular flexibility index (Phi) is 4.19. The fourth-order valence-electron chi connectivity index (χ4n) is 1.95. The van der Waals surface area contributed by atoms with Crippen molar-refractivity contribution in [1.29, 1.82) is 0 Å². The minimum atomic E-state index is 0.0239. The molecule has 1 atom stereocenters. The molecule has 0 aliphatic carbocycles. The van der Waals surface area contributed by atoms with Gasteiger partial charge in [-0.2, -0.15) is 0 Å². The predicted octanol–water partition coefficient (Wildman–Crippen LogP) is 2.13. The summed E-state index contributed by atoms with van der Waals surface area (Å²) in [5.74, 6) is 0.781. The molecule has 0 spiro atoms. The van der Waals surface area contributed by atoms with E-state index in [9.17, 15) is 0 Å². The molecule has 1 aromatic carbocycles. The maximum absolute atomic E-state index is 9.12. The van der Waals surface area contributed by atoms with Crippen LogP contribution in [0, 0.1) is 0 Å². The number of aliphatic hydroxyl groups excluding tert-OH is 1. The monoisotopic (exact) mass is 222 g/mol. The average molecular weight is 222 g/mol. The Bertz CT molecular complexity index is 319. The molecule has 1 fully saturated rings. The largest absolute Gasteiger partial charge is 0.493 e. The molecule has 1 aromatic rings. The lowest BCUT2D eigenvalue weighted by atomic mass is 10.2. The molecule has 0 bridgehead atoms. The summed E-state index contributed by atoms with van der Waals surface area (Å²) in [6, 6.07) is 7.58. The number of para-hydroxylation sites is 1. The predicted molar refractivity (Wildman–Crippen MR) is 61.5 cm³/mol. The molecule has 1 aliphatic heterocycles. The molecule has 1 saturated heterocycles. The van der Waals surface area contributed by atoms with Crippen molar-refractivity contribution in [3.63, 3.8) is 0 Å². The molecule has 0 radical (unpaired) electrons. The van der Waals surface area contributed by atoms with Gasteiger partial charge < -0.3 is 14.6 Å². The smallest absolute Gasteiger partial charge is 0.124 e. The molecule has 1 aliphatic rings. The maximum atomic E-state index is 9.12. The average Bonchev–Trinajstić information content (AvgIpc) is 2.83. The molecule has 88 valence electrons. The molecule has 3 heteroatoms. The van der Waals surface area contributed by atoms with Gasteiger partial charge in [0.25, 0.3) is 0 Å². The molecule has 0 aromatic heterocycles. The fraction of sp³-hybridized carbons (Fsp3) is 0.538. The second-order valence-electron chi connectivity index (χ2n) is 4.04. The Hall–Kier alpha value is -1.06. The Morgan fingerprint density at radius 3 is 3.00 bits per heavy atom. The zero-order chi connectivity index (χ0) is 11.2. The van der Waals surface area contributed by atoms with Crippen molar-refractivity contribution in [1.82, 2.24) is 0 Å². The van der Waals surface area contributed by atoms with Crippen LogP contribution < -0.4 is 4.74 Å². The van der Waals surface area contributed by atoms with Crippen molar-refractivity contribution in [3.05, 3.63) is 29.8 Å². The summed E-state index contributed by atoms with van der Waals surface area (Å²) >= 11 is 0. The molecule has 1 unspecified atom stereocenters. The van der Waals surface area contributed by atoms with E-state index in [0.29, 0.717) is 12.7 Å². The van der Waals surface area contributed by atoms with Crippen LogP contribution in [-0.4, -0.2) is 24.4 Å². The Morgan fingerprint density at radius 2 is 2.25 bits per heavy atom. The fourth-order valence-corrected chi connectivity index (χ4v) is 1.95. The molecular weight excluding hydrogens is 204 g/mol. The first kappa shape index (κ1) is 11.4. The van der Waals surface area contributed by atoms with Crippen LogP contribution in [0.15, 0.2) is 24.3 Å². The highest BCUT2D eigenvalue weighted by molar-refractivity contribution is 5.32. The van der Waals surface area contributed by atoms with Gasteiger partial charge in [0.1, 0.15) is 5.75 Å². The van der Waals surface area contributed by atoms with Gasteiger partial charge in [0.15, 0.2) is 0 Å². The molecule has 3 nitrogen and oxygen atoms in total. The van der Waals surface area contributed by atoms with Gasteiger partial charge in [-0.1, -0.05) is 18.2 Å². The number of hydrogen-bond donors (Lipinski definition) is 1. The van der Waals surface area contributed by atoms with E-state index in [0.717, 1.165) is 37.2 Å². The first-order chi connectivity index (χ1) is 7.90. The van der Waals surface area contributed by atoms with Gasteiger partial charge in [0.05, 0.1) is 19.3 Å². The summed E-state index contributed by atoms with van der Waals surface area (Å²) in [6.45, 7) is 1.57. The number of hydrogen-bond acceptors (Lipinski definition) is 3. The highest BCUT2D eigenvalue weighted by Gasteiger charge is 2.15. The Balaban J connectivity index is 1.79. The van der Waals surface area contributed by atoms with Crippen molar-refractivity contribution >= 4 is 0 Å². The highest BCUT2D eigenvalue weighted by Crippen LogP contribution is 2.20. The van der Waals surface area contributed by atoms with E-state index in [1.807, 2.05) is 24.3 Å². The SMILES string of the molecule is OCc1ccccc1OCCC1CCCO1. The van der Waals surface area contributed by atoms with E-state index in [1.54, 1.807) is 0 Å². The first-order valence-corrected chi connectivity index (χ1v) is 5.83. The van der Waals surface area contributed by atoms with Crippen LogP contribution in [-0.2, 0) is 11.3 Å². The maximum Gasteiger partial charge on any atom is 0.124 e. The van der Waals surface area contributed by atoms with E-state index in [1.165, 1.54) is 0 Å². The molecule has 16 heavy (non-hydrogen) atoms. The van der Waals surface area contributed by atoms with Crippen LogP contribution in [0.3, 0.4) is 0 Å². The molecule has 0 saturated carbocycles. The summed E-state index contributed by atoms with van der Waals surface area (Å²) in [6.07, 6.45) is 3.60. The number of benzene rings is 1. The zero-order valence-electron chi connectivity index (χ0n) is 9.39. The van der Waals surface area contributed by atoms with Gasteiger partial charge in [0, 0.05) is 18.6 Å². The van der Waals surface area contributed by atoms with Crippen LogP contribution >= 0.6 is 0 Å². The molecule has 1 heterocycles. The first-order valence-electron chi connectivity index (χ1n) is 5.83. The van der Waals surface area contributed by atoms with E-state index in [-0.39, 0.29) is 6.61 Å². The standard InChI is InChI=1S/C13H18O3/c14-10-11-4-1-2-6-13(11)16-9-7-12-5-3-8-15-12/h1-2,4,6,12,14H,3,5,7-10H2. The van der Waals surface area contributed by atoms with E-state index in [2.05, 4.69) is 0 Å². The van der Waals surface area contributed by atoms with Crippen LogP contribution in [0.25, 0.3) is 0 Å². The lowest BCUT2D eigenvalue weighted by Crippen LogP contribution is -2.11. The van der Waals surface area contributed by atoms with Crippen molar-refractivity contribution in [2.75, 3.05) is 13.2 Å². The van der Waals surface area contributed by atoms with E-state index in [4.69, 9.17) is 14.6 Å². The molecular formula is C13H18O3. The van der Waals surface area contributed by atoms with Gasteiger partial charge in [-0.05, 0) is 18.9 Å². The lowest BCUT2D eigenvalue weighted by molar-refractivity contribution is 0.0900. The topological polar surface area (TPSA) is 38.7 Å². The third kappa shape index (κ3) is 2.97. The highest BCUT2D eigenvalue weighted by atomic mass is 16.5. The molecule has 2 rings (SSSR count). The van der Waals surface area contributed by atoms with Crippen molar-refractivity contribution in [2.45, 2.75) is 32.0 Å². The van der Waals surface area contributed by atoms with Gasteiger partial charge in [-0.15, -0.1) is 0 Å². The summed E-state index contributed by atoms with van der Waals surface area (Å²) < 4.78 is 11.2. The van der Waals surface area contributed by atoms with Crippen LogP contribution in [0.1, 0.15) is 24.8 Å². The van der Waals surface area contributed by atoms with Crippen molar-refractivity contribution in [3.8, 4) is 5.75 Å². The van der Waals surface area contributed by atoms with Gasteiger partial charge >= 0.3 is 0 Å². The summed E-state index contributed by atoms with van der Waals surface area (Å²) in [5.41, 5.74) is 0.842. The quantitative estimate of drug-likeness (QED) is 0.829. The second-order valence-corrected chi connectivity index (χ2v) is 4.04. The minimum absolute atomic E-state index is 0.0239. The number of aliphatic hydroxyl groups is 1. The van der Waals surface area contributed by atoms with Crippen molar-refractivity contribution < 1.29 is 14.6 Å². The van der Waals surface area contributed by atoms with Crippen LogP contribution in [0.2, 0.25) is 0 Å². The molecule has 1 N–H and O–H groups in total. The third-order valence-corrected chi connectivity index (χ3v) is 2.86. The van der Waals surface area contributed by atoms with Gasteiger partial charge in [0.2, 0.25) is 0 Å². The van der Waals surface area contributed by atoms with Gasteiger partial charge in [-0.25, -0.2) is 0 Å². The summed E-state index contributed by atoms with van der Waals surface area (Å²) in [7, 11) is 0. The second kappa shape index (κ2) is 5.87. The Labute approximate surface area is 96.0 Å². The van der Waals surface area contributed by atoms with Crippen LogP contribution in [0.5, 0.6) is 5.75 Å².